The molecule has 1 saturated heterocycles. The largest absolute Gasteiger partial charge is 0.346 e. The number of piperidine rings is 1. The summed E-state index contributed by atoms with van der Waals surface area (Å²) in [6.45, 7) is 5.51. The Kier molecular flexibility index (Phi) is 5.53. The Morgan fingerprint density at radius 3 is 2.75 bits per heavy atom. The van der Waals surface area contributed by atoms with E-state index in [1.807, 2.05) is 12.1 Å². The fourth-order valence-electron chi connectivity index (χ4n) is 2.57. The minimum atomic E-state index is 0.487. The molecule has 0 unspecified atom stereocenters. The maximum atomic E-state index is 6.03. The third-order valence-electron chi connectivity index (χ3n) is 3.99. The number of nitrogens with zero attached hydrogens (tertiary/aromatic N) is 1. The lowest BCUT2D eigenvalue weighted by Gasteiger charge is -2.39. The fourth-order valence-corrected chi connectivity index (χ4v) is 3.24. The van der Waals surface area contributed by atoms with Gasteiger partial charge in [-0.05, 0) is 56.1 Å². The molecule has 20 heavy (non-hydrogen) atoms. The summed E-state index contributed by atoms with van der Waals surface area (Å²) in [6, 6.07) is 5.97. The SMILES string of the molecule is CC[C@H]1CC[C@H](C)N(C(=S)Nc2ccc(Cl)c(Cl)c2)C1. The summed E-state index contributed by atoms with van der Waals surface area (Å²) in [5.74, 6) is 0.736. The van der Waals surface area contributed by atoms with Gasteiger partial charge in [-0.2, -0.15) is 0 Å². The highest BCUT2D eigenvalue weighted by Crippen LogP contribution is 2.27. The first-order valence-electron chi connectivity index (χ1n) is 7.04. The van der Waals surface area contributed by atoms with Crippen molar-refractivity contribution >= 4 is 46.2 Å². The number of hydrogen-bond donors (Lipinski definition) is 1. The molecule has 0 aromatic heterocycles. The Hall–Kier alpha value is -0.510. The number of thiocarbonyl (C=S) groups is 1. The molecule has 1 aliphatic rings. The van der Waals surface area contributed by atoms with E-state index in [-0.39, 0.29) is 0 Å². The number of rotatable bonds is 2. The summed E-state index contributed by atoms with van der Waals surface area (Å²) in [4.78, 5) is 2.29. The van der Waals surface area contributed by atoms with Crippen molar-refractivity contribution in [1.82, 2.24) is 4.90 Å². The highest BCUT2D eigenvalue weighted by Gasteiger charge is 2.26. The first-order chi connectivity index (χ1) is 9.51. The Balaban J connectivity index is 2.04. The third-order valence-corrected chi connectivity index (χ3v) is 5.06. The van der Waals surface area contributed by atoms with Gasteiger partial charge >= 0.3 is 0 Å². The van der Waals surface area contributed by atoms with E-state index in [4.69, 9.17) is 35.4 Å². The molecule has 0 bridgehead atoms. The van der Waals surface area contributed by atoms with E-state index in [2.05, 4.69) is 24.1 Å². The van der Waals surface area contributed by atoms with Crippen LogP contribution >= 0.6 is 35.4 Å². The van der Waals surface area contributed by atoms with Gasteiger partial charge in [0, 0.05) is 18.3 Å². The van der Waals surface area contributed by atoms with Crippen LogP contribution in [-0.4, -0.2) is 22.6 Å². The van der Waals surface area contributed by atoms with E-state index in [0.717, 1.165) is 23.3 Å². The molecule has 1 N–H and O–H groups in total. The Morgan fingerprint density at radius 1 is 1.35 bits per heavy atom. The van der Waals surface area contributed by atoms with Gasteiger partial charge in [-0.1, -0.05) is 36.5 Å². The predicted molar refractivity (Wildman–Crippen MR) is 91.9 cm³/mol. The molecule has 2 nitrogen and oxygen atoms in total. The highest BCUT2D eigenvalue weighted by atomic mass is 35.5. The lowest BCUT2D eigenvalue weighted by molar-refractivity contribution is 0.196. The van der Waals surface area contributed by atoms with Gasteiger partial charge < -0.3 is 10.2 Å². The predicted octanol–water partition coefficient (Wildman–Crippen LogP) is 5.20. The smallest absolute Gasteiger partial charge is 0.173 e. The maximum absolute atomic E-state index is 6.03. The molecule has 5 heteroatoms. The zero-order chi connectivity index (χ0) is 14.7. The van der Waals surface area contributed by atoms with Crippen LogP contribution in [0.3, 0.4) is 0 Å². The molecular weight excluding hydrogens is 311 g/mol. The normalized spacial score (nSPS) is 22.7. The van der Waals surface area contributed by atoms with Crippen molar-refractivity contribution in [3.8, 4) is 0 Å². The van der Waals surface area contributed by atoms with Crippen molar-refractivity contribution in [2.75, 3.05) is 11.9 Å². The van der Waals surface area contributed by atoms with Crippen LogP contribution < -0.4 is 5.32 Å². The lowest BCUT2D eigenvalue weighted by Crippen LogP contribution is -2.47. The fraction of sp³-hybridized carbons (Fsp3) is 0.533. The van der Waals surface area contributed by atoms with E-state index in [9.17, 15) is 0 Å². The molecule has 1 fully saturated rings. The molecular formula is C15H20Cl2N2S. The van der Waals surface area contributed by atoms with Gasteiger partial charge in [0.15, 0.2) is 5.11 Å². The van der Waals surface area contributed by atoms with E-state index < -0.39 is 0 Å². The molecule has 1 aromatic carbocycles. The first-order valence-corrected chi connectivity index (χ1v) is 8.20. The average molecular weight is 331 g/mol. The Morgan fingerprint density at radius 2 is 2.10 bits per heavy atom. The van der Waals surface area contributed by atoms with Crippen molar-refractivity contribution in [3.05, 3.63) is 28.2 Å². The maximum Gasteiger partial charge on any atom is 0.173 e. The van der Waals surface area contributed by atoms with Crippen LogP contribution in [-0.2, 0) is 0 Å². The lowest BCUT2D eigenvalue weighted by atomic mass is 9.92. The third kappa shape index (κ3) is 3.78. The van der Waals surface area contributed by atoms with Gasteiger partial charge in [0.25, 0.3) is 0 Å². The monoisotopic (exact) mass is 330 g/mol. The summed E-state index contributed by atoms with van der Waals surface area (Å²) in [7, 11) is 0. The average Bonchev–Trinajstić information content (AvgIpc) is 2.43. The number of nitrogens with one attached hydrogen (secondary N) is 1. The van der Waals surface area contributed by atoms with E-state index in [0.29, 0.717) is 16.1 Å². The Bertz CT molecular complexity index is 493. The molecule has 0 amide bonds. The molecule has 2 rings (SSSR count). The zero-order valence-corrected chi connectivity index (χ0v) is 14.2. The van der Waals surface area contributed by atoms with Crippen molar-refractivity contribution in [2.45, 2.75) is 39.2 Å². The van der Waals surface area contributed by atoms with Gasteiger partial charge in [0.05, 0.1) is 10.0 Å². The standard InChI is InChI=1S/C15H20Cl2N2S/c1-3-11-5-4-10(2)19(9-11)15(20)18-12-6-7-13(16)14(17)8-12/h6-8,10-11H,3-5,9H2,1-2H3,(H,18,20)/t10-,11-/m0/s1. The molecule has 1 heterocycles. The molecule has 0 aliphatic carbocycles. The van der Waals surface area contributed by atoms with Crippen molar-refractivity contribution in [2.24, 2.45) is 5.92 Å². The van der Waals surface area contributed by atoms with Crippen LogP contribution in [0.5, 0.6) is 0 Å². The molecule has 0 saturated carbocycles. The van der Waals surface area contributed by atoms with E-state index in [1.54, 1.807) is 6.07 Å². The van der Waals surface area contributed by atoms with Gasteiger partial charge in [0.2, 0.25) is 0 Å². The van der Waals surface area contributed by atoms with Crippen molar-refractivity contribution in [1.29, 1.82) is 0 Å². The molecule has 2 atom stereocenters. The Labute approximate surface area is 136 Å². The summed E-state index contributed by atoms with van der Waals surface area (Å²) in [5.41, 5.74) is 0.884. The summed E-state index contributed by atoms with van der Waals surface area (Å²) >= 11 is 17.5. The molecule has 0 radical (unpaired) electrons. The zero-order valence-electron chi connectivity index (χ0n) is 11.8. The van der Waals surface area contributed by atoms with Crippen LogP contribution in [0.1, 0.15) is 33.1 Å². The second-order valence-corrected chi connectivity index (χ2v) is 6.61. The minimum Gasteiger partial charge on any atom is -0.346 e. The van der Waals surface area contributed by atoms with Gasteiger partial charge in [-0.25, -0.2) is 0 Å². The molecule has 1 aromatic rings. The van der Waals surface area contributed by atoms with Crippen LogP contribution in [0.2, 0.25) is 10.0 Å². The molecule has 1 aliphatic heterocycles. The van der Waals surface area contributed by atoms with Gasteiger partial charge in [-0.15, -0.1) is 0 Å². The number of hydrogen-bond acceptors (Lipinski definition) is 1. The summed E-state index contributed by atoms with van der Waals surface area (Å²) in [5, 5.41) is 5.14. The second-order valence-electron chi connectivity index (χ2n) is 5.41. The van der Waals surface area contributed by atoms with Crippen LogP contribution in [0.4, 0.5) is 5.69 Å². The quantitative estimate of drug-likeness (QED) is 0.750. The highest BCUT2D eigenvalue weighted by molar-refractivity contribution is 7.80. The van der Waals surface area contributed by atoms with Gasteiger partial charge in [-0.3, -0.25) is 0 Å². The van der Waals surface area contributed by atoms with Crippen LogP contribution in [0.15, 0.2) is 18.2 Å². The van der Waals surface area contributed by atoms with Gasteiger partial charge in [0.1, 0.15) is 0 Å². The van der Waals surface area contributed by atoms with Crippen LogP contribution in [0.25, 0.3) is 0 Å². The number of halogens is 2. The van der Waals surface area contributed by atoms with E-state index in [1.165, 1.54) is 19.3 Å². The summed E-state index contributed by atoms with van der Waals surface area (Å²) in [6.07, 6.45) is 3.70. The van der Waals surface area contributed by atoms with Crippen molar-refractivity contribution < 1.29 is 0 Å². The molecule has 110 valence electrons. The van der Waals surface area contributed by atoms with Crippen molar-refractivity contribution in [3.63, 3.8) is 0 Å². The number of likely N-dealkylation sites (tertiary alicyclic amines) is 1. The molecule has 0 spiro atoms. The van der Waals surface area contributed by atoms with E-state index >= 15 is 0 Å². The second kappa shape index (κ2) is 6.97. The first kappa shape index (κ1) is 15.9. The topological polar surface area (TPSA) is 15.3 Å². The minimum absolute atomic E-state index is 0.487. The number of anilines is 1. The van der Waals surface area contributed by atoms with Crippen LogP contribution in [0, 0.1) is 5.92 Å². The number of benzene rings is 1. The summed E-state index contributed by atoms with van der Waals surface area (Å²) < 4.78 is 0.